The number of amides is 2. The first-order valence-corrected chi connectivity index (χ1v) is 5.64. The number of rotatable bonds is 3. The zero-order valence-corrected chi connectivity index (χ0v) is 10.1. The lowest BCUT2D eigenvalue weighted by Crippen LogP contribution is -2.29. The fraction of sp³-hybridized carbons (Fsp3) is 0.250. The van der Waals surface area contributed by atoms with Gasteiger partial charge in [0.1, 0.15) is 0 Å². The highest BCUT2D eigenvalue weighted by molar-refractivity contribution is 6.00. The maximum absolute atomic E-state index is 13.8. The van der Waals surface area contributed by atoms with Gasteiger partial charge in [0.15, 0.2) is 11.6 Å². The van der Waals surface area contributed by atoms with Crippen LogP contribution in [0.4, 0.5) is 14.5 Å². The lowest BCUT2D eigenvalue weighted by Gasteiger charge is -2.17. The number of carbonyl (C=O) groups excluding carboxylic acids is 2. The predicted molar refractivity (Wildman–Crippen MR) is 63.0 cm³/mol. The summed E-state index contributed by atoms with van der Waals surface area (Å²) in [6.45, 7) is -0.156. The van der Waals surface area contributed by atoms with Crippen molar-refractivity contribution < 1.29 is 28.3 Å². The molecular formula is C12H10F2N2O4. The molecule has 0 aromatic heterocycles. The maximum atomic E-state index is 13.8. The van der Waals surface area contributed by atoms with Gasteiger partial charge in [-0.3, -0.25) is 9.59 Å². The molecule has 106 valence electrons. The number of primary amides is 1. The Kier molecular flexibility index (Phi) is 3.39. The number of anilines is 1. The van der Waals surface area contributed by atoms with Gasteiger partial charge in [0, 0.05) is 13.0 Å². The summed E-state index contributed by atoms with van der Waals surface area (Å²) >= 11 is 0. The van der Waals surface area contributed by atoms with Gasteiger partial charge in [-0.25, -0.2) is 13.6 Å². The second kappa shape index (κ2) is 4.87. The Morgan fingerprint density at radius 1 is 1.30 bits per heavy atom. The van der Waals surface area contributed by atoms with Gasteiger partial charge >= 0.3 is 5.97 Å². The Balaban J connectivity index is 2.40. The van der Waals surface area contributed by atoms with E-state index in [1.165, 1.54) is 0 Å². The molecule has 1 heterocycles. The van der Waals surface area contributed by atoms with Gasteiger partial charge in [-0.2, -0.15) is 0 Å². The fourth-order valence-electron chi connectivity index (χ4n) is 2.04. The molecule has 0 spiro atoms. The van der Waals surface area contributed by atoms with Crippen molar-refractivity contribution in [2.45, 2.75) is 6.42 Å². The third-order valence-electron chi connectivity index (χ3n) is 3.11. The zero-order chi connectivity index (χ0) is 15.0. The van der Waals surface area contributed by atoms with Gasteiger partial charge in [0.2, 0.25) is 11.8 Å². The van der Waals surface area contributed by atoms with Crippen LogP contribution in [0.15, 0.2) is 12.1 Å². The van der Waals surface area contributed by atoms with Crippen LogP contribution in [0.5, 0.6) is 0 Å². The lowest BCUT2D eigenvalue weighted by atomic mass is 10.1. The highest BCUT2D eigenvalue weighted by atomic mass is 19.2. The third kappa shape index (κ3) is 2.20. The van der Waals surface area contributed by atoms with E-state index >= 15 is 0 Å². The summed E-state index contributed by atoms with van der Waals surface area (Å²) in [5.74, 6) is -6.66. The highest BCUT2D eigenvalue weighted by Crippen LogP contribution is 2.29. The number of nitrogens with two attached hydrogens (primary N) is 1. The number of halogens is 2. The molecule has 1 saturated heterocycles. The van der Waals surface area contributed by atoms with E-state index in [0.717, 1.165) is 17.0 Å². The van der Waals surface area contributed by atoms with Crippen molar-refractivity contribution in [3.8, 4) is 0 Å². The highest BCUT2D eigenvalue weighted by Gasteiger charge is 2.36. The van der Waals surface area contributed by atoms with E-state index in [2.05, 4.69) is 0 Å². The SMILES string of the molecule is NC(=O)C1CC(=O)N(c2ccc(C(=O)O)c(F)c2F)C1. The molecule has 3 N–H and O–H groups in total. The van der Waals surface area contributed by atoms with E-state index in [9.17, 15) is 23.2 Å². The molecule has 0 aliphatic carbocycles. The Morgan fingerprint density at radius 3 is 2.45 bits per heavy atom. The number of hydrogen-bond donors (Lipinski definition) is 2. The summed E-state index contributed by atoms with van der Waals surface area (Å²) in [6, 6.07) is 1.85. The monoisotopic (exact) mass is 284 g/mol. The molecule has 0 saturated carbocycles. The van der Waals surface area contributed by atoms with E-state index < -0.39 is 46.6 Å². The summed E-state index contributed by atoms with van der Waals surface area (Å²) < 4.78 is 27.4. The quantitative estimate of drug-likeness (QED) is 0.844. The molecule has 1 aliphatic heterocycles. The van der Waals surface area contributed by atoms with Crippen molar-refractivity contribution in [2.24, 2.45) is 11.7 Å². The number of hydrogen-bond acceptors (Lipinski definition) is 3. The lowest BCUT2D eigenvalue weighted by molar-refractivity contribution is -0.123. The summed E-state index contributed by atoms with van der Waals surface area (Å²) in [4.78, 5) is 34.3. The standard InChI is InChI=1S/C12H10F2N2O4/c13-9-6(12(19)20)1-2-7(10(9)14)16-4-5(11(15)18)3-8(16)17/h1-2,5H,3-4H2,(H2,15,18)(H,19,20). The van der Waals surface area contributed by atoms with Gasteiger partial charge in [0.05, 0.1) is 17.2 Å². The second-order valence-corrected chi connectivity index (χ2v) is 4.37. The minimum Gasteiger partial charge on any atom is -0.478 e. The van der Waals surface area contributed by atoms with Crippen LogP contribution in [-0.4, -0.2) is 29.4 Å². The Bertz CT molecular complexity index is 618. The van der Waals surface area contributed by atoms with Crippen LogP contribution in [0.25, 0.3) is 0 Å². The molecule has 1 unspecified atom stereocenters. The normalized spacial score (nSPS) is 18.4. The molecule has 2 rings (SSSR count). The first-order valence-electron chi connectivity index (χ1n) is 5.64. The Hall–Kier alpha value is -2.51. The number of aromatic carboxylic acids is 1. The average molecular weight is 284 g/mol. The van der Waals surface area contributed by atoms with E-state index in [0.29, 0.717) is 0 Å². The predicted octanol–water partition coefficient (Wildman–Crippen LogP) is 0.501. The molecule has 1 aliphatic rings. The zero-order valence-electron chi connectivity index (χ0n) is 10.1. The molecule has 0 radical (unpaired) electrons. The summed E-state index contributed by atoms with van der Waals surface area (Å²) in [5.41, 5.74) is 3.84. The van der Waals surface area contributed by atoms with E-state index in [1.54, 1.807) is 0 Å². The van der Waals surface area contributed by atoms with Crippen molar-refractivity contribution in [1.82, 2.24) is 0 Å². The maximum Gasteiger partial charge on any atom is 0.338 e. The Morgan fingerprint density at radius 2 is 1.95 bits per heavy atom. The molecular weight excluding hydrogens is 274 g/mol. The van der Waals surface area contributed by atoms with Crippen LogP contribution in [0.1, 0.15) is 16.8 Å². The van der Waals surface area contributed by atoms with Crippen molar-refractivity contribution >= 4 is 23.5 Å². The summed E-state index contributed by atoms with van der Waals surface area (Å²) in [5, 5.41) is 8.66. The molecule has 1 aromatic rings. The van der Waals surface area contributed by atoms with Crippen molar-refractivity contribution in [2.75, 3.05) is 11.4 Å². The van der Waals surface area contributed by atoms with E-state index in [1.807, 2.05) is 0 Å². The van der Waals surface area contributed by atoms with Crippen LogP contribution in [-0.2, 0) is 9.59 Å². The Labute approximate surface area is 111 Å². The largest absolute Gasteiger partial charge is 0.478 e. The molecule has 2 amide bonds. The van der Waals surface area contributed by atoms with Gasteiger partial charge in [-0.1, -0.05) is 0 Å². The van der Waals surface area contributed by atoms with Gasteiger partial charge in [-0.05, 0) is 12.1 Å². The number of carboxylic acid groups (broad SMARTS) is 1. The summed E-state index contributed by atoms with van der Waals surface area (Å²) in [7, 11) is 0. The molecule has 6 nitrogen and oxygen atoms in total. The van der Waals surface area contributed by atoms with Crippen LogP contribution < -0.4 is 10.6 Å². The number of benzene rings is 1. The number of nitrogens with zero attached hydrogens (tertiary/aromatic N) is 1. The van der Waals surface area contributed by atoms with Crippen molar-refractivity contribution in [3.63, 3.8) is 0 Å². The van der Waals surface area contributed by atoms with Crippen molar-refractivity contribution in [1.29, 1.82) is 0 Å². The van der Waals surface area contributed by atoms with Crippen LogP contribution in [0.2, 0.25) is 0 Å². The van der Waals surface area contributed by atoms with E-state index in [-0.39, 0.29) is 13.0 Å². The van der Waals surface area contributed by atoms with Gasteiger partial charge < -0.3 is 15.7 Å². The number of carboxylic acids is 1. The van der Waals surface area contributed by atoms with Crippen molar-refractivity contribution in [3.05, 3.63) is 29.3 Å². The average Bonchev–Trinajstić information content (AvgIpc) is 2.74. The molecule has 1 fully saturated rings. The smallest absolute Gasteiger partial charge is 0.338 e. The third-order valence-corrected chi connectivity index (χ3v) is 3.11. The second-order valence-electron chi connectivity index (χ2n) is 4.37. The molecule has 20 heavy (non-hydrogen) atoms. The fourth-order valence-corrected chi connectivity index (χ4v) is 2.04. The molecule has 1 atom stereocenters. The van der Waals surface area contributed by atoms with Crippen LogP contribution in [0.3, 0.4) is 0 Å². The molecule has 1 aromatic carbocycles. The minimum atomic E-state index is -1.62. The molecule has 8 heteroatoms. The first-order chi connectivity index (χ1) is 9.32. The van der Waals surface area contributed by atoms with Gasteiger partial charge in [-0.15, -0.1) is 0 Å². The van der Waals surface area contributed by atoms with E-state index in [4.69, 9.17) is 10.8 Å². The van der Waals surface area contributed by atoms with Gasteiger partial charge in [0.25, 0.3) is 0 Å². The molecule has 0 bridgehead atoms. The van der Waals surface area contributed by atoms with Crippen LogP contribution in [0, 0.1) is 17.6 Å². The van der Waals surface area contributed by atoms with Crippen LogP contribution >= 0.6 is 0 Å². The first kappa shape index (κ1) is 13.9. The summed E-state index contributed by atoms with van der Waals surface area (Å²) in [6.07, 6.45) is -0.183. The minimum absolute atomic E-state index is 0.156. The topological polar surface area (TPSA) is 101 Å². The number of carbonyl (C=O) groups is 3.